The van der Waals surface area contributed by atoms with E-state index in [-0.39, 0.29) is 5.82 Å². The quantitative estimate of drug-likeness (QED) is 0.659. The van der Waals surface area contributed by atoms with E-state index in [9.17, 15) is 4.39 Å². The molecular formula is C7H4BrFN2. The Balaban J connectivity index is 2.94. The summed E-state index contributed by atoms with van der Waals surface area (Å²) in [7, 11) is 0. The van der Waals surface area contributed by atoms with Crippen molar-refractivity contribution < 1.29 is 4.39 Å². The zero-order chi connectivity index (χ0) is 7.84. The van der Waals surface area contributed by atoms with Gasteiger partial charge in [-0.05, 0) is 12.1 Å². The fourth-order valence-electron chi connectivity index (χ4n) is 0.985. The summed E-state index contributed by atoms with van der Waals surface area (Å²) in [6.45, 7) is 0. The standard InChI is InChI=1S/C7H4BrFN2/c8-11-7-3-1-2-6(9)5(7)4-10-11/h1-4H. The molecule has 0 fully saturated rings. The van der Waals surface area contributed by atoms with Gasteiger partial charge in [0.05, 0.1) is 33.2 Å². The Kier molecular flexibility index (Phi) is 1.42. The molecule has 56 valence electrons. The summed E-state index contributed by atoms with van der Waals surface area (Å²) in [6, 6.07) is 4.86. The van der Waals surface area contributed by atoms with E-state index in [2.05, 4.69) is 21.2 Å². The van der Waals surface area contributed by atoms with Crippen LogP contribution in [-0.4, -0.2) is 8.81 Å². The number of nitrogens with zero attached hydrogens (tertiary/aromatic N) is 2. The Hall–Kier alpha value is -0.900. The van der Waals surface area contributed by atoms with Crippen LogP contribution in [0.15, 0.2) is 24.4 Å². The van der Waals surface area contributed by atoms with Gasteiger partial charge in [-0.25, -0.2) is 4.39 Å². The van der Waals surface area contributed by atoms with Crippen molar-refractivity contribution in [2.24, 2.45) is 0 Å². The topological polar surface area (TPSA) is 17.8 Å². The predicted molar refractivity (Wildman–Crippen MR) is 44.0 cm³/mol. The highest BCUT2D eigenvalue weighted by molar-refractivity contribution is 9.08. The van der Waals surface area contributed by atoms with Crippen molar-refractivity contribution in [3.8, 4) is 0 Å². The lowest BCUT2D eigenvalue weighted by Crippen LogP contribution is -1.79. The zero-order valence-corrected chi connectivity index (χ0v) is 7.05. The van der Waals surface area contributed by atoms with Crippen LogP contribution in [0.3, 0.4) is 0 Å². The summed E-state index contributed by atoms with van der Waals surface area (Å²) < 4.78 is 14.4. The van der Waals surface area contributed by atoms with Gasteiger partial charge in [0.25, 0.3) is 0 Å². The summed E-state index contributed by atoms with van der Waals surface area (Å²) in [5.41, 5.74) is 0.741. The first kappa shape index (κ1) is 6.79. The lowest BCUT2D eigenvalue weighted by Gasteiger charge is -1.90. The monoisotopic (exact) mass is 214 g/mol. The third-order valence-corrected chi connectivity index (χ3v) is 2.08. The molecule has 0 aliphatic rings. The average molecular weight is 215 g/mol. The summed E-state index contributed by atoms with van der Waals surface area (Å²) in [4.78, 5) is 0. The van der Waals surface area contributed by atoms with Gasteiger partial charge in [-0.3, -0.25) is 0 Å². The van der Waals surface area contributed by atoms with Crippen LogP contribution in [0.1, 0.15) is 0 Å². The average Bonchev–Trinajstić information content (AvgIpc) is 2.35. The van der Waals surface area contributed by atoms with Gasteiger partial charge in [-0.1, -0.05) is 6.07 Å². The lowest BCUT2D eigenvalue weighted by molar-refractivity contribution is 0.640. The van der Waals surface area contributed by atoms with Gasteiger partial charge < -0.3 is 0 Å². The van der Waals surface area contributed by atoms with Crippen molar-refractivity contribution in [2.75, 3.05) is 0 Å². The molecule has 1 heterocycles. The minimum atomic E-state index is -0.242. The predicted octanol–water partition coefficient (Wildman–Crippen LogP) is 2.33. The van der Waals surface area contributed by atoms with Gasteiger partial charge in [-0.2, -0.15) is 8.81 Å². The molecule has 4 heteroatoms. The molecule has 0 saturated carbocycles. The van der Waals surface area contributed by atoms with Crippen LogP contribution in [-0.2, 0) is 0 Å². The Morgan fingerprint density at radius 1 is 1.45 bits per heavy atom. The molecule has 0 atom stereocenters. The van der Waals surface area contributed by atoms with Crippen LogP contribution in [0.2, 0.25) is 0 Å². The Bertz CT molecular complexity index is 396. The molecule has 0 aliphatic carbocycles. The first-order valence-electron chi connectivity index (χ1n) is 3.07. The molecule has 0 amide bonds. The summed E-state index contributed by atoms with van der Waals surface area (Å²) in [5.74, 6) is -0.242. The largest absolute Gasteiger partial charge is 0.206 e. The molecule has 0 aliphatic heterocycles. The van der Waals surface area contributed by atoms with E-state index in [1.54, 1.807) is 12.1 Å². The van der Waals surface area contributed by atoms with E-state index in [0.29, 0.717) is 5.39 Å². The summed E-state index contributed by atoms with van der Waals surface area (Å²) in [5, 5.41) is 4.38. The summed E-state index contributed by atoms with van der Waals surface area (Å²) in [6.07, 6.45) is 1.49. The zero-order valence-electron chi connectivity index (χ0n) is 5.46. The number of rotatable bonds is 0. The minimum Gasteiger partial charge on any atom is -0.206 e. The van der Waals surface area contributed by atoms with E-state index < -0.39 is 0 Å². The normalized spacial score (nSPS) is 10.7. The minimum absolute atomic E-state index is 0.242. The van der Waals surface area contributed by atoms with E-state index in [0.717, 1.165) is 5.52 Å². The Labute approximate surface area is 71.0 Å². The number of hydrogen-bond donors (Lipinski definition) is 0. The third kappa shape index (κ3) is 0.939. The third-order valence-electron chi connectivity index (χ3n) is 1.52. The van der Waals surface area contributed by atoms with Crippen molar-refractivity contribution in [1.29, 1.82) is 0 Å². The van der Waals surface area contributed by atoms with Gasteiger partial charge >= 0.3 is 0 Å². The van der Waals surface area contributed by atoms with Gasteiger partial charge in [-0.15, -0.1) is 0 Å². The lowest BCUT2D eigenvalue weighted by atomic mass is 10.2. The van der Waals surface area contributed by atoms with Crippen LogP contribution in [0.5, 0.6) is 0 Å². The van der Waals surface area contributed by atoms with Gasteiger partial charge in [0.2, 0.25) is 0 Å². The highest BCUT2D eigenvalue weighted by Gasteiger charge is 2.03. The van der Waals surface area contributed by atoms with E-state index in [1.165, 1.54) is 16.0 Å². The molecule has 0 spiro atoms. The van der Waals surface area contributed by atoms with Crippen molar-refractivity contribution in [2.45, 2.75) is 0 Å². The fraction of sp³-hybridized carbons (Fsp3) is 0. The van der Waals surface area contributed by atoms with Gasteiger partial charge in [0.1, 0.15) is 5.82 Å². The highest BCUT2D eigenvalue weighted by Crippen LogP contribution is 2.17. The molecule has 1 aromatic carbocycles. The van der Waals surface area contributed by atoms with E-state index in [1.807, 2.05) is 0 Å². The smallest absolute Gasteiger partial charge is 0.134 e. The Morgan fingerprint density at radius 2 is 2.27 bits per heavy atom. The Morgan fingerprint density at radius 3 is 3.00 bits per heavy atom. The maximum atomic E-state index is 12.9. The molecule has 0 radical (unpaired) electrons. The number of aromatic nitrogens is 2. The second-order valence-corrected chi connectivity index (χ2v) is 2.85. The van der Waals surface area contributed by atoms with Crippen molar-refractivity contribution in [1.82, 2.24) is 8.81 Å². The maximum Gasteiger partial charge on any atom is 0.134 e. The number of hydrogen-bond acceptors (Lipinski definition) is 1. The first-order chi connectivity index (χ1) is 5.29. The molecule has 1 aromatic heterocycles. The SMILES string of the molecule is Fc1cccc2c1cnn2Br. The van der Waals surface area contributed by atoms with Gasteiger partial charge in [0.15, 0.2) is 0 Å². The fourth-order valence-corrected chi connectivity index (χ4v) is 1.39. The van der Waals surface area contributed by atoms with Crippen LogP contribution < -0.4 is 0 Å². The molecule has 2 aromatic rings. The second kappa shape index (κ2) is 2.30. The molecule has 0 unspecified atom stereocenters. The highest BCUT2D eigenvalue weighted by atomic mass is 79.9. The molecule has 0 bridgehead atoms. The van der Waals surface area contributed by atoms with Crippen molar-refractivity contribution in [3.63, 3.8) is 0 Å². The molecule has 0 saturated heterocycles. The molecular weight excluding hydrogens is 211 g/mol. The van der Waals surface area contributed by atoms with E-state index >= 15 is 0 Å². The van der Waals surface area contributed by atoms with E-state index in [4.69, 9.17) is 0 Å². The number of benzene rings is 1. The second-order valence-electron chi connectivity index (χ2n) is 2.18. The van der Waals surface area contributed by atoms with Crippen molar-refractivity contribution in [3.05, 3.63) is 30.2 Å². The first-order valence-corrected chi connectivity index (χ1v) is 3.78. The van der Waals surface area contributed by atoms with Crippen LogP contribution in [0, 0.1) is 5.82 Å². The summed E-state index contributed by atoms with van der Waals surface area (Å²) >= 11 is 3.14. The molecule has 0 N–H and O–H groups in total. The van der Waals surface area contributed by atoms with Crippen LogP contribution >= 0.6 is 16.1 Å². The van der Waals surface area contributed by atoms with Crippen molar-refractivity contribution >= 4 is 27.1 Å². The molecule has 11 heavy (non-hydrogen) atoms. The van der Waals surface area contributed by atoms with Gasteiger partial charge in [0, 0.05) is 0 Å². The molecule has 2 rings (SSSR count). The van der Waals surface area contributed by atoms with Crippen LogP contribution in [0.4, 0.5) is 4.39 Å². The number of fused-ring (bicyclic) bond motifs is 1. The molecule has 2 nitrogen and oxygen atoms in total. The van der Waals surface area contributed by atoms with Crippen LogP contribution in [0.25, 0.3) is 10.9 Å². The maximum absolute atomic E-state index is 12.9. The number of halogens is 2.